The van der Waals surface area contributed by atoms with Gasteiger partial charge in [-0.1, -0.05) is 29.8 Å². The molecular weight excluding hydrogens is 477 g/mol. The fourth-order valence-electron chi connectivity index (χ4n) is 4.41. The highest BCUT2D eigenvalue weighted by Crippen LogP contribution is 2.54. The lowest BCUT2D eigenvalue weighted by atomic mass is 10.1. The molecule has 0 radical (unpaired) electrons. The molecule has 34 heavy (non-hydrogen) atoms. The summed E-state index contributed by atoms with van der Waals surface area (Å²) in [4.78, 5) is 29.1. The molecule has 0 aromatic heterocycles. The molecule has 2 heterocycles. The normalized spacial score (nSPS) is 19.0. The number of anilines is 2. The molecule has 1 atom stereocenters. The topological polar surface area (TPSA) is 61.9 Å². The summed E-state index contributed by atoms with van der Waals surface area (Å²) < 4.78 is 19.6. The second kappa shape index (κ2) is 8.85. The van der Waals surface area contributed by atoms with E-state index >= 15 is 0 Å². The number of amides is 3. The van der Waals surface area contributed by atoms with Crippen LogP contribution in [0.3, 0.4) is 0 Å². The summed E-state index contributed by atoms with van der Waals surface area (Å²) in [6.45, 7) is 0.557. The third kappa shape index (κ3) is 3.67. The van der Waals surface area contributed by atoms with Crippen LogP contribution in [0.15, 0.2) is 66.7 Å². The molecule has 2 aliphatic heterocycles. The van der Waals surface area contributed by atoms with Crippen molar-refractivity contribution in [3.05, 3.63) is 88.7 Å². The number of fused-ring (bicyclic) bond motifs is 2. The van der Waals surface area contributed by atoms with Gasteiger partial charge in [-0.15, -0.1) is 11.8 Å². The van der Waals surface area contributed by atoms with Crippen LogP contribution in [-0.4, -0.2) is 36.2 Å². The number of ether oxygens (including phenoxy) is 1. The number of nitrogens with one attached hydrogen (secondary N) is 1. The number of carbonyl (C=O) groups is 2. The Hall–Kier alpha value is -3.23. The Balaban J connectivity index is 1.51. The molecule has 3 aromatic carbocycles. The van der Waals surface area contributed by atoms with Gasteiger partial charge in [-0.2, -0.15) is 0 Å². The first kappa shape index (κ1) is 22.6. The molecule has 6 nitrogen and oxygen atoms in total. The minimum atomic E-state index is -1.35. The summed E-state index contributed by atoms with van der Waals surface area (Å²) in [5.41, 5.74) is 2.37. The van der Waals surface area contributed by atoms with E-state index in [1.807, 2.05) is 18.2 Å². The lowest BCUT2D eigenvalue weighted by Crippen LogP contribution is -2.51. The van der Waals surface area contributed by atoms with Crippen molar-refractivity contribution in [3.8, 4) is 5.75 Å². The predicted molar refractivity (Wildman–Crippen MR) is 132 cm³/mol. The maximum Gasteiger partial charge on any atom is 0.323 e. The minimum absolute atomic E-state index is 0.216. The molecule has 1 fully saturated rings. The first-order valence-electron chi connectivity index (χ1n) is 10.7. The average Bonchev–Trinajstić information content (AvgIpc) is 3.38. The van der Waals surface area contributed by atoms with Crippen molar-refractivity contribution in [1.82, 2.24) is 4.90 Å². The number of urea groups is 1. The van der Waals surface area contributed by atoms with Gasteiger partial charge in [0.25, 0.3) is 5.91 Å². The van der Waals surface area contributed by atoms with Crippen LogP contribution in [0.1, 0.15) is 11.1 Å². The van der Waals surface area contributed by atoms with Crippen LogP contribution in [0.4, 0.5) is 20.6 Å². The Morgan fingerprint density at radius 2 is 1.94 bits per heavy atom. The van der Waals surface area contributed by atoms with Crippen LogP contribution in [0.2, 0.25) is 5.02 Å². The molecule has 1 N–H and O–H groups in total. The molecule has 1 unspecified atom stereocenters. The van der Waals surface area contributed by atoms with Gasteiger partial charge < -0.3 is 15.0 Å². The molecular formula is C25H21ClFN3O3S. The third-order valence-electron chi connectivity index (χ3n) is 6.03. The van der Waals surface area contributed by atoms with Crippen LogP contribution in [0.5, 0.6) is 5.75 Å². The zero-order valence-electron chi connectivity index (χ0n) is 18.3. The smallest absolute Gasteiger partial charge is 0.323 e. The van der Waals surface area contributed by atoms with E-state index in [9.17, 15) is 14.0 Å². The molecule has 174 valence electrons. The summed E-state index contributed by atoms with van der Waals surface area (Å²) in [7, 11) is 1.56. The van der Waals surface area contributed by atoms with Gasteiger partial charge in [-0.05, 0) is 54.1 Å². The number of hydrogen-bond donors (Lipinski definition) is 1. The van der Waals surface area contributed by atoms with Gasteiger partial charge in [0.1, 0.15) is 11.6 Å². The minimum Gasteiger partial charge on any atom is -0.497 e. The number of methoxy groups -OCH3 is 1. The number of halogens is 2. The van der Waals surface area contributed by atoms with Gasteiger partial charge in [-0.25, -0.2) is 9.18 Å². The van der Waals surface area contributed by atoms with Crippen LogP contribution in [0, 0.1) is 5.82 Å². The summed E-state index contributed by atoms with van der Waals surface area (Å²) in [6.07, 6.45) is 0. The Morgan fingerprint density at radius 3 is 2.68 bits per heavy atom. The molecule has 9 heteroatoms. The maximum atomic E-state index is 14.4. The second-order valence-electron chi connectivity index (χ2n) is 7.95. The third-order valence-corrected chi connectivity index (χ3v) is 7.82. The van der Waals surface area contributed by atoms with E-state index in [1.165, 1.54) is 28.8 Å². The monoisotopic (exact) mass is 497 g/mol. The fraction of sp³-hybridized carbons (Fsp3) is 0.200. The van der Waals surface area contributed by atoms with E-state index in [-0.39, 0.29) is 12.5 Å². The van der Waals surface area contributed by atoms with E-state index in [1.54, 1.807) is 48.4 Å². The first-order chi connectivity index (χ1) is 16.4. The van der Waals surface area contributed by atoms with Gasteiger partial charge in [0.05, 0.1) is 19.3 Å². The second-order valence-corrected chi connectivity index (χ2v) is 9.64. The molecule has 0 aliphatic carbocycles. The van der Waals surface area contributed by atoms with Crippen LogP contribution < -0.4 is 15.0 Å². The van der Waals surface area contributed by atoms with Crippen molar-refractivity contribution in [2.45, 2.75) is 11.4 Å². The van der Waals surface area contributed by atoms with Gasteiger partial charge in [-0.3, -0.25) is 9.69 Å². The molecule has 1 saturated heterocycles. The number of thioether (sulfide) groups is 1. The molecule has 0 saturated carbocycles. The Bertz CT molecular complexity index is 1270. The van der Waals surface area contributed by atoms with Gasteiger partial charge >= 0.3 is 6.03 Å². The first-order valence-corrected chi connectivity index (χ1v) is 12.0. The van der Waals surface area contributed by atoms with Crippen molar-refractivity contribution >= 4 is 46.7 Å². The van der Waals surface area contributed by atoms with E-state index in [0.717, 1.165) is 5.56 Å². The predicted octanol–water partition coefficient (Wildman–Crippen LogP) is 5.47. The summed E-state index contributed by atoms with van der Waals surface area (Å²) in [5, 5.41) is 3.39. The highest BCUT2D eigenvalue weighted by molar-refractivity contribution is 8.01. The molecule has 3 amide bonds. The Kier molecular flexibility index (Phi) is 5.87. The zero-order valence-corrected chi connectivity index (χ0v) is 19.8. The van der Waals surface area contributed by atoms with E-state index in [4.69, 9.17) is 16.3 Å². The van der Waals surface area contributed by atoms with Crippen LogP contribution >= 0.6 is 23.4 Å². The SMILES string of the molecule is COc1ccc(NC(=O)N2CCSC23C(=O)N(Cc2ccccc2Cl)c2ccc(F)cc23)cc1. The maximum absolute atomic E-state index is 14.4. The number of hydrogen-bond acceptors (Lipinski definition) is 4. The summed E-state index contributed by atoms with van der Waals surface area (Å²) in [5.74, 6) is 0.447. The highest BCUT2D eigenvalue weighted by Gasteiger charge is 2.59. The van der Waals surface area contributed by atoms with Crippen molar-refractivity contribution in [2.24, 2.45) is 0 Å². The highest BCUT2D eigenvalue weighted by atomic mass is 35.5. The number of rotatable bonds is 4. The molecule has 1 spiro atoms. The Morgan fingerprint density at radius 1 is 1.18 bits per heavy atom. The average molecular weight is 498 g/mol. The van der Waals surface area contributed by atoms with Crippen molar-refractivity contribution < 1.29 is 18.7 Å². The zero-order chi connectivity index (χ0) is 23.9. The fourth-order valence-corrected chi connectivity index (χ4v) is 6.05. The Labute approximate surface area is 205 Å². The van der Waals surface area contributed by atoms with E-state index < -0.39 is 16.7 Å². The van der Waals surface area contributed by atoms with E-state index in [2.05, 4.69) is 5.32 Å². The van der Waals surface area contributed by atoms with Crippen molar-refractivity contribution in [2.75, 3.05) is 29.6 Å². The largest absolute Gasteiger partial charge is 0.497 e. The van der Waals surface area contributed by atoms with Gasteiger partial charge in [0, 0.05) is 28.6 Å². The lowest BCUT2D eigenvalue weighted by Gasteiger charge is -2.33. The molecule has 3 aromatic rings. The summed E-state index contributed by atoms with van der Waals surface area (Å²) in [6, 6.07) is 18.0. The number of nitrogens with zero attached hydrogens (tertiary/aromatic N) is 2. The van der Waals surface area contributed by atoms with E-state index in [0.29, 0.717) is 40.0 Å². The van der Waals surface area contributed by atoms with Crippen LogP contribution in [0.25, 0.3) is 0 Å². The number of benzene rings is 3. The standard InChI is InChI=1S/C25H21ClFN3O3S/c1-33-19-9-7-18(8-10-19)28-24(32)30-12-13-34-25(30)20-14-17(27)6-11-22(20)29(23(25)31)15-16-4-2-3-5-21(16)26/h2-11,14H,12-13,15H2,1H3,(H,28,32). The van der Waals surface area contributed by atoms with Crippen molar-refractivity contribution in [3.63, 3.8) is 0 Å². The molecule has 0 bridgehead atoms. The van der Waals surface area contributed by atoms with Crippen molar-refractivity contribution in [1.29, 1.82) is 0 Å². The van der Waals surface area contributed by atoms with Gasteiger partial charge in [0.2, 0.25) is 0 Å². The lowest BCUT2D eigenvalue weighted by molar-refractivity contribution is -0.123. The van der Waals surface area contributed by atoms with Gasteiger partial charge in [0.15, 0.2) is 4.87 Å². The molecule has 2 aliphatic rings. The summed E-state index contributed by atoms with van der Waals surface area (Å²) >= 11 is 7.70. The van der Waals surface area contributed by atoms with Crippen LogP contribution in [-0.2, 0) is 16.2 Å². The molecule has 5 rings (SSSR count). The quantitative estimate of drug-likeness (QED) is 0.519. The number of carbonyl (C=O) groups excluding carboxylic acids is 2.